The van der Waals surface area contributed by atoms with Crippen LogP contribution in [0.1, 0.15) is 42.1 Å². The van der Waals surface area contributed by atoms with Crippen molar-refractivity contribution in [2.45, 2.75) is 43.7 Å². The number of benzene rings is 2. The number of piperazine rings is 1. The lowest BCUT2D eigenvalue weighted by Gasteiger charge is -2.35. The third-order valence-corrected chi connectivity index (χ3v) is 8.90. The summed E-state index contributed by atoms with van der Waals surface area (Å²) in [5, 5.41) is 0.398. The zero-order valence-corrected chi connectivity index (χ0v) is 20.3. The molecular formula is C24H29ClFN3O3S. The monoisotopic (exact) mass is 493 g/mol. The van der Waals surface area contributed by atoms with Crippen molar-refractivity contribution < 1.29 is 17.6 Å². The topological polar surface area (TPSA) is 60.9 Å². The van der Waals surface area contributed by atoms with Crippen molar-refractivity contribution >= 4 is 27.5 Å². The van der Waals surface area contributed by atoms with Crippen LogP contribution in [0, 0.1) is 5.82 Å². The summed E-state index contributed by atoms with van der Waals surface area (Å²) in [7, 11) is -3.64. The Kier molecular flexibility index (Phi) is 7.38. The van der Waals surface area contributed by atoms with Crippen LogP contribution in [-0.4, -0.2) is 67.2 Å². The second-order valence-electron chi connectivity index (χ2n) is 8.76. The average molecular weight is 494 g/mol. The number of sulfonamides is 1. The fraction of sp³-hybridized carbons (Fsp3) is 0.458. The minimum Gasteiger partial charge on any atom is -0.336 e. The molecule has 1 atom stereocenters. The van der Waals surface area contributed by atoms with Gasteiger partial charge in [-0.1, -0.05) is 30.2 Å². The largest absolute Gasteiger partial charge is 0.336 e. The molecule has 1 amide bonds. The van der Waals surface area contributed by atoms with E-state index in [-0.39, 0.29) is 22.7 Å². The minimum absolute atomic E-state index is 0.0425. The second kappa shape index (κ2) is 10.1. The van der Waals surface area contributed by atoms with Crippen molar-refractivity contribution in [3.63, 3.8) is 0 Å². The van der Waals surface area contributed by atoms with Crippen molar-refractivity contribution in [2.24, 2.45) is 0 Å². The Morgan fingerprint density at radius 2 is 1.79 bits per heavy atom. The highest BCUT2D eigenvalue weighted by atomic mass is 35.5. The van der Waals surface area contributed by atoms with Gasteiger partial charge in [-0.25, -0.2) is 12.8 Å². The molecule has 4 rings (SSSR count). The molecule has 0 aromatic heterocycles. The fourth-order valence-electron chi connectivity index (χ4n) is 4.55. The van der Waals surface area contributed by atoms with Crippen LogP contribution in [0.5, 0.6) is 0 Å². The molecule has 0 aliphatic carbocycles. The zero-order chi connectivity index (χ0) is 23.6. The molecule has 2 aliphatic heterocycles. The van der Waals surface area contributed by atoms with Crippen LogP contribution in [0.4, 0.5) is 4.39 Å². The van der Waals surface area contributed by atoms with Crippen molar-refractivity contribution in [1.82, 2.24) is 14.1 Å². The quantitative estimate of drug-likeness (QED) is 0.631. The van der Waals surface area contributed by atoms with Crippen LogP contribution in [0.15, 0.2) is 47.4 Å². The fourth-order valence-corrected chi connectivity index (χ4v) is 6.52. The van der Waals surface area contributed by atoms with E-state index in [1.807, 2.05) is 6.92 Å². The smallest absolute Gasteiger partial charge is 0.253 e. The molecule has 33 heavy (non-hydrogen) atoms. The molecule has 0 radical (unpaired) electrons. The van der Waals surface area contributed by atoms with Crippen LogP contribution in [0.2, 0.25) is 5.02 Å². The van der Waals surface area contributed by atoms with Crippen LogP contribution < -0.4 is 0 Å². The van der Waals surface area contributed by atoms with E-state index in [0.29, 0.717) is 55.4 Å². The number of hydrogen-bond donors (Lipinski definition) is 0. The summed E-state index contributed by atoms with van der Waals surface area (Å²) in [5.74, 6) is -0.524. The predicted octanol–water partition coefficient (Wildman–Crippen LogP) is 4.00. The van der Waals surface area contributed by atoms with Crippen molar-refractivity contribution in [1.29, 1.82) is 0 Å². The number of nitrogens with zero attached hydrogens (tertiary/aromatic N) is 3. The number of piperidine rings is 1. The summed E-state index contributed by atoms with van der Waals surface area (Å²) in [4.78, 5) is 17.1. The maximum absolute atomic E-state index is 14.1. The van der Waals surface area contributed by atoms with Gasteiger partial charge >= 0.3 is 0 Å². The Bertz CT molecular complexity index is 1100. The first-order chi connectivity index (χ1) is 15.8. The number of carbonyl (C=O) groups excluding carboxylic acids is 1. The molecule has 0 N–H and O–H groups in total. The van der Waals surface area contributed by atoms with Gasteiger partial charge in [0.1, 0.15) is 5.82 Å². The van der Waals surface area contributed by atoms with Crippen LogP contribution in [-0.2, 0) is 16.6 Å². The molecule has 2 aromatic rings. The molecule has 6 nitrogen and oxygen atoms in total. The number of carbonyl (C=O) groups is 1. The molecule has 2 fully saturated rings. The van der Waals surface area contributed by atoms with Gasteiger partial charge in [0, 0.05) is 61.5 Å². The number of rotatable bonds is 5. The van der Waals surface area contributed by atoms with Crippen molar-refractivity contribution in [3.8, 4) is 0 Å². The first-order valence-electron chi connectivity index (χ1n) is 11.3. The summed E-state index contributed by atoms with van der Waals surface area (Å²) in [6.07, 6.45) is 2.73. The lowest BCUT2D eigenvalue weighted by molar-refractivity contribution is 0.0627. The minimum atomic E-state index is -3.64. The molecule has 0 saturated carbocycles. The molecule has 1 unspecified atom stereocenters. The molecule has 2 aliphatic rings. The third-order valence-electron chi connectivity index (χ3n) is 6.53. The van der Waals surface area contributed by atoms with Gasteiger partial charge in [0.2, 0.25) is 10.0 Å². The Morgan fingerprint density at radius 1 is 1.06 bits per heavy atom. The van der Waals surface area contributed by atoms with Gasteiger partial charge in [-0.2, -0.15) is 4.31 Å². The summed E-state index contributed by atoms with van der Waals surface area (Å²) in [6.45, 7) is 4.94. The van der Waals surface area contributed by atoms with Gasteiger partial charge in [0.15, 0.2) is 0 Å². The molecule has 0 bridgehead atoms. The molecule has 2 heterocycles. The zero-order valence-electron chi connectivity index (χ0n) is 18.7. The average Bonchev–Trinajstić information content (AvgIpc) is 2.82. The number of halogens is 2. The Hall–Kier alpha value is -2.00. The van der Waals surface area contributed by atoms with E-state index in [9.17, 15) is 17.6 Å². The standard InChI is InChI=1S/C24H29ClFN3O3S/c1-18-6-2-3-11-29(18)33(31,32)20-8-4-7-19(16-20)24(30)28-14-12-27(13-15-28)17-21-22(25)9-5-10-23(21)26/h4-5,7-10,16,18H,2-3,6,11-15,17H2,1H3. The van der Waals surface area contributed by atoms with E-state index in [1.165, 1.54) is 12.1 Å². The van der Waals surface area contributed by atoms with Gasteiger partial charge in [0.25, 0.3) is 5.91 Å². The Labute approximate surface area is 200 Å². The highest BCUT2D eigenvalue weighted by Gasteiger charge is 2.32. The maximum atomic E-state index is 14.1. The summed E-state index contributed by atoms with van der Waals surface area (Å²) < 4.78 is 42.0. The lowest BCUT2D eigenvalue weighted by Crippen LogP contribution is -2.48. The Morgan fingerprint density at radius 3 is 2.48 bits per heavy atom. The first-order valence-corrected chi connectivity index (χ1v) is 13.2. The van der Waals surface area contributed by atoms with Crippen LogP contribution in [0.3, 0.4) is 0 Å². The molecule has 0 spiro atoms. The van der Waals surface area contributed by atoms with E-state index in [0.717, 1.165) is 19.3 Å². The molecule has 178 valence electrons. The highest BCUT2D eigenvalue weighted by Crippen LogP contribution is 2.26. The van der Waals surface area contributed by atoms with E-state index in [4.69, 9.17) is 11.6 Å². The van der Waals surface area contributed by atoms with Crippen molar-refractivity contribution in [3.05, 3.63) is 64.4 Å². The van der Waals surface area contributed by atoms with E-state index >= 15 is 0 Å². The summed E-state index contributed by atoms with van der Waals surface area (Å²) >= 11 is 6.14. The van der Waals surface area contributed by atoms with Crippen molar-refractivity contribution in [2.75, 3.05) is 32.7 Å². The normalized spacial score (nSPS) is 20.7. The van der Waals surface area contributed by atoms with Gasteiger partial charge in [-0.05, 0) is 50.1 Å². The maximum Gasteiger partial charge on any atom is 0.253 e. The molecule has 2 aromatic carbocycles. The van der Waals surface area contributed by atoms with E-state index in [1.54, 1.807) is 39.5 Å². The Balaban J connectivity index is 1.42. The summed E-state index contributed by atoms with van der Waals surface area (Å²) in [5.41, 5.74) is 0.829. The number of hydrogen-bond acceptors (Lipinski definition) is 4. The van der Waals surface area contributed by atoms with Crippen LogP contribution in [0.25, 0.3) is 0 Å². The van der Waals surface area contributed by atoms with Gasteiger partial charge in [-0.3, -0.25) is 9.69 Å². The van der Waals surface area contributed by atoms with Gasteiger partial charge < -0.3 is 4.90 Å². The molecular weight excluding hydrogens is 465 g/mol. The summed E-state index contributed by atoms with van der Waals surface area (Å²) in [6, 6.07) is 10.9. The third kappa shape index (κ3) is 5.24. The predicted molar refractivity (Wildman–Crippen MR) is 126 cm³/mol. The van der Waals surface area contributed by atoms with Gasteiger partial charge in [-0.15, -0.1) is 0 Å². The number of amides is 1. The molecule has 2 saturated heterocycles. The van der Waals surface area contributed by atoms with E-state index < -0.39 is 10.0 Å². The second-order valence-corrected chi connectivity index (χ2v) is 11.1. The van der Waals surface area contributed by atoms with E-state index in [2.05, 4.69) is 4.90 Å². The SMILES string of the molecule is CC1CCCCN1S(=O)(=O)c1cccc(C(=O)N2CCN(Cc3c(F)cccc3Cl)CC2)c1. The van der Waals surface area contributed by atoms with Crippen LogP contribution >= 0.6 is 11.6 Å². The first kappa shape index (κ1) is 24.1. The van der Waals surface area contributed by atoms with Gasteiger partial charge in [0.05, 0.1) is 4.90 Å². The molecule has 9 heteroatoms. The highest BCUT2D eigenvalue weighted by molar-refractivity contribution is 7.89. The lowest BCUT2D eigenvalue weighted by atomic mass is 10.1.